The summed E-state index contributed by atoms with van der Waals surface area (Å²) in [5.41, 5.74) is 5.96. The third kappa shape index (κ3) is 2.25. The Morgan fingerprint density at radius 3 is 2.50 bits per heavy atom. The molecular formula is C11H16N2O3. The van der Waals surface area contributed by atoms with E-state index in [9.17, 15) is 4.79 Å². The topological polar surface area (TPSA) is 73.6 Å². The quantitative estimate of drug-likeness (QED) is 0.761. The molecule has 1 amide bonds. The Morgan fingerprint density at radius 1 is 1.38 bits per heavy atom. The number of hydrogen-bond acceptors (Lipinski definition) is 4. The van der Waals surface area contributed by atoms with Gasteiger partial charge in [0, 0.05) is 5.56 Å². The van der Waals surface area contributed by atoms with E-state index in [1.165, 1.54) is 7.11 Å². The third-order valence-corrected chi connectivity index (χ3v) is 2.32. The zero-order chi connectivity index (χ0) is 12.1. The van der Waals surface area contributed by atoms with E-state index >= 15 is 0 Å². The fraction of sp³-hybridized carbons (Fsp3) is 0.364. The number of amides is 1. The van der Waals surface area contributed by atoms with E-state index in [0.29, 0.717) is 17.1 Å². The van der Waals surface area contributed by atoms with Crippen LogP contribution in [-0.4, -0.2) is 27.2 Å². The van der Waals surface area contributed by atoms with E-state index in [0.717, 1.165) is 0 Å². The average Bonchev–Trinajstić information content (AvgIpc) is 2.29. The molecule has 0 aliphatic rings. The number of methoxy groups -OCH3 is 2. The maximum atomic E-state index is 11.3. The molecule has 1 unspecified atom stereocenters. The third-order valence-electron chi connectivity index (χ3n) is 2.32. The maximum absolute atomic E-state index is 11.3. The molecule has 0 spiro atoms. The highest BCUT2D eigenvalue weighted by atomic mass is 16.5. The summed E-state index contributed by atoms with van der Waals surface area (Å²) in [5, 5.41) is 2.83. The van der Waals surface area contributed by atoms with Crippen LogP contribution in [0.25, 0.3) is 0 Å². The van der Waals surface area contributed by atoms with E-state index in [1.54, 1.807) is 32.4 Å². The molecule has 1 rings (SSSR count). The molecule has 0 aliphatic heterocycles. The van der Waals surface area contributed by atoms with Gasteiger partial charge in [0.15, 0.2) is 11.5 Å². The van der Waals surface area contributed by atoms with E-state index in [-0.39, 0.29) is 0 Å². The summed E-state index contributed by atoms with van der Waals surface area (Å²) in [6.45, 7) is 0. The minimum absolute atomic E-state index is 0.464. The average molecular weight is 224 g/mol. The van der Waals surface area contributed by atoms with E-state index in [2.05, 4.69) is 5.32 Å². The second-order valence-electron chi connectivity index (χ2n) is 3.21. The summed E-state index contributed by atoms with van der Waals surface area (Å²) in [6.07, 6.45) is 0. The monoisotopic (exact) mass is 224 g/mol. The molecule has 1 aromatic rings. The molecule has 1 aromatic carbocycles. The standard InChI is InChI=1S/C11H16N2O3/c1-13-9(11(12)14)7-5-4-6-8(15-2)10(7)16-3/h4-6,9,13H,1-3H3,(H2,12,14). The number of nitrogens with two attached hydrogens (primary N) is 1. The first-order valence-electron chi connectivity index (χ1n) is 4.83. The molecule has 5 heteroatoms. The van der Waals surface area contributed by atoms with Crippen LogP contribution in [-0.2, 0) is 4.79 Å². The molecular weight excluding hydrogens is 208 g/mol. The van der Waals surface area contributed by atoms with Gasteiger partial charge in [0.25, 0.3) is 0 Å². The van der Waals surface area contributed by atoms with Crippen LogP contribution in [0, 0.1) is 0 Å². The van der Waals surface area contributed by atoms with Gasteiger partial charge in [0.05, 0.1) is 14.2 Å². The predicted molar refractivity (Wildman–Crippen MR) is 60.5 cm³/mol. The molecule has 3 N–H and O–H groups in total. The molecule has 0 bridgehead atoms. The van der Waals surface area contributed by atoms with Crippen LogP contribution in [0.2, 0.25) is 0 Å². The smallest absolute Gasteiger partial charge is 0.239 e. The maximum Gasteiger partial charge on any atom is 0.239 e. The summed E-state index contributed by atoms with van der Waals surface area (Å²) >= 11 is 0. The van der Waals surface area contributed by atoms with Gasteiger partial charge in [-0.3, -0.25) is 4.79 Å². The largest absolute Gasteiger partial charge is 0.493 e. The van der Waals surface area contributed by atoms with E-state index in [1.807, 2.05) is 0 Å². The molecule has 16 heavy (non-hydrogen) atoms. The molecule has 0 aliphatic carbocycles. The van der Waals surface area contributed by atoms with Gasteiger partial charge in [-0.05, 0) is 13.1 Å². The van der Waals surface area contributed by atoms with Crippen LogP contribution in [0.5, 0.6) is 11.5 Å². The van der Waals surface area contributed by atoms with Gasteiger partial charge in [-0.1, -0.05) is 12.1 Å². The first-order chi connectivity index (χ1) is 7.65. The molecule has 0 aromatic heterocycles. The molecule has 1 atom stereocenters. The number of primary amides is 1. The van der Waals surface area contributed by atoms with Crippen molar-refractivity contribution in [2.45, 2.75) is 6.04 Å². The highest BCUT2D eigenvalue weighted by Gasteiger charge is 2.21. The normalized spacial score (nSPS) is 11.9. The van der Waals surface area contributed by atoms with Crippen molar-refractivity contribution in [2.75, 3.05) is 21.3 Å². The van der Waals surface area contributed by atoms with Crippen LogP contribution in [0.3, 0.4) is 0 Å². The number of rotatable bonds is 5. The zero-order valence-electron chi connectivity index (χ0n) is 9.61. The van der Waals surface area contributed by atoms with Crippen LogP contribution >= 0.6 is 0 Å². The van der Waals surface area contributed by atoms with Gasteiger partial charge in [0.2, 0.25) is 5.91 Å². The Kier molecular flexibility index (Phi) is 4.13. The summed E-state index contributed by atoms with van der Waals surface area (Å²) in [6, 6.07) is 4.72. The molecule has 0 heterocycles. The van der Waals surface area contributed by atoms with Crippen LogP contribution in [0.4, 0.5) is 0 Å². The summed E-state index contributed by atoms with van der Waals surface area (Å²) in [5.74, 6) is 0.624. The van der Waals surface area contributed by atoms with Gasteiger partial charge < -0.3 is 20.5 Å². The highest BCUT2D eigenvalue weighted by molar-refractivity contribution is 5.82. The zero-order valence-corrected chi connectivity index (χ0v) is 9.61. The van der Waals surface area contributed by atoms with Gasteiger partial charge in [-0.15, -0.1) is 0 Å². The first-order valence-corrected chi connectivity index (χ1v) is 4.83. The molecule has 0 radical (unpaired) electrons. The van der Waals surface area contributed by atoms with Crippen molar-refractivity contribution in [1.82, 2.24) is 5.32 Å². The number of benzene rings is 1. The summed E-state index contributed by atoms with van der Waals surface area (Å²) < 4.78 is 10.4. The minimum Gasteiger partial charge on any atom is -0.493 e. The van der Waals surface area contributed by atoms with Crippen molar-refractivity contribution < 1.29 is 14.3 Å². The summed E-state index contributed by atoms with van der Waals surface area (Å²) in [7, 11) is 4.73. The Hall–Kier alpha value is -1.75. The Morgan fingerprint density at radius 2 is 2.06 bits per heavy atom. The number of para-hydroxylation sites is 1. The number of nitrogens with one attached hydrogen (secondary N) is 1. The Labute approximate surface area is 94.5 Å². The minimum atomic E-state index is -0.593. The second kappa shape index (κ2) is 5.37. The lowest BCUT2D eigenvalue weighted by Gasteiger charge is -2.18. The van der Waals surface area contributed by atoms with Crippen LogP contribution in [0.1, 0.15) is 11.6 Å². The lowest BCUT2D eigenvalue weighted by molar-refractivity contribution is -0.120. The van der Waals surface area contributed by atoms with Crippen molar-refractivity contribution >= 4 is 5.91 Å². The van der Waals surface area contributed by atoms with E-state index < -0.39 is 11.9 Å². The molecule has 88 valence electrons. The van der Waals surface area contributed by atoms with Crippen molar-refractivity contribution in [3.05, 3.63) is 23.8 Å². The van der Waals surface area contributed by atoms with Crippen LogP contribution in [0.15, 0.2) is 18.2 Å². The SMILES string of the molecule is CNC(C(N)=O)c1cccc(OC)c1OC. The molecule has 0 saturated carbocycles. The highest BCUT2D eigenvalue weighted by Crippen LogP contribution is 2.34. The van der Waals surface area contributed by atoms with Gasteiger partial charge in [-0.2, -0.15) is 0 Å². The van der Waals surface area contributed by atoms with Gasteiger partial charge in [-0.25, -0.2) is 0 Å². The van der Waals surface area contributed by atoms with Crippen molar-refractivity contribution in [3.8, 4) is 11.5 Å². The number of ether oxygens (including phenoxy) is 2. The van der Waals surface area contributed by atoms with Crippen molar-refractivity contribution in [3.63, 3.8) is 0 Å². The van der Waals surface area contributed by atoms with Gasteiger partial charge in [0.1, 0.15) is 6.04 Å². The number of hydrogen-bond donors (Lipinski definition) is 2. The number of likely N-dealkylation sites (N-methyl/N-ethyl adjacent to an activating group) is 1. The van der Waals surface area contributed by atoms with Gasteiger partial charge >= 0.3 is 0 Å². The molecule has 0 saturated heterocycles. The fourth-order valence-electron chi connectivity index (χ4n) is 1.59. The second-order valence-corrected chi connectivity index (χ2v) is 3.21. The van der Waals surface area contributed by atoms with Crippen LogP contribution < -0.4 is 20.5 Å². The first kappa shape index (κ1) is 12.3. The fourth-order valence-corrected chi connectivity index (χ4v) is 1.59. The van der Waals surface area contributed by atoms with Crippen molar-refractivity contribution in [2.24, 2.45) is 5.73 Å². The number of carbonyl (C=O) groups is 1. The Bertz CT molecular complexity index is 379. The molecule has 0 fully saturated rings. The summed E-state index contributed by atoms with van der Waals surface area (Å²) in [4.78, 5) is 11.3. The Balaban J connectivity index is 3.25. The lowest BCUT2D eigenvalue weighted by Crippen LogP contribution is -2.31. The van der Waals surface area contributed by atoms with Crippen molar-refractivity contribution in [1.29, 1.82) is 0 Å². The van der Waals surface area contributed by atoms with E-state index in [4.69, 9.17) is 15.2 Å². The predicted octanol–water partition coefficient (Wildman–Crippen LogP) is 0.450. The molecule has 5 nitrogen and oxygen atoms in total. The lowest BCUT2D eigenvalue weighted by atomic mass is 10.0. The number of carbonyl (C=O) groups excluding carboxylic acids is 1.